The Hall–Kier alpha value is -1.42. The molecule has 0 radical (unpaired) electrons. The zero-order valence-corrected chi connectivity index (χ0v) is 7.89. The van der Waals surface area contributed by atoms with E-state index in [4.69, 9.17) is 23.1 Å². The SMILES string of the molecule is Cc1ccc(C(=O)O)cc1C(N)=S. The number of carbonyl (C=O) groups is 1. The standard InChI is InChI=1S/C9H9NO2S/c1-5-2-3-6(9(11)12)4-7(5)8(10)13/h2-4H,1H3,(H2,10,13)(H,11,12). The fourth-order valence-electron chi connectivity index (χ4n) is 1.02. The number of nitrogens with two attached hydrogens (primary N) is 1. The first kappa shape index (κ1) is 9.67. The highest BCUT2D eigenvalue weighted by atomic mass is 32.1. The summed E-state index contributed by atoms with van der Waals surface area (Å²) in [6, 6.07) is 4.71. The topological polar surface area (TPSA) is 63.3 Å². The van der Waals surface area contributed by atoms with Gasteiger partial charge in [0.05, 0.1) is 5.56 Å². The molecule has 1 aromatic rings. The molecule has 0 fully saturated rings. The van der Waals surface area contributed by atoms with Crippen molar-refractivity contribution in [3.63, 3.8) is 0 Å². The number of carboxylic acids is 1. The normalized spacial score (nSPS) is 9.62. The molecule has 0 aliphatic heterocycles. The summed E-state index contributed by atoms with van der Waals surface area (Å²) in [4.78, 5) is 10.8. The van der Waals surface area contributed by atoms with Crippen molar-refractivity contribution < 1.29 is 9.90 Å². The van der Waals surface area contributed by atoms with Crippen LogP contribution >= 0.6 is 12.2 Å². The van der Waals surface area contributed by atoms with Crippen molar-refractivity contribution in [2.45, 2.75) is 6.92 Å². The molecule has 0 unspecified atom stereocenters. The van der Waals surface area contributed by atoms with Gasteiger partial charge in [-0.3, -0.25) is 0 Å². The molecule has 68 valence electrons. The van der Waals surface area contributed by atoms with Crippen LogP contribution in [0.2, 0.25) is 0 Å². The van der Waals surface area contributed by atoms with E-state index in [0.29, 0.717) is 5.56 Å². The highest BCUT2D eigenvalue weighted by Crippen LogP contribution is 2.10. The summed E-state index contributed by atoms with van der Waals surface area (Å²) < 4.78 is 0. The minimum atomic E-state index is -0.975. The van der Waals surface area contributed by atoms with Gasteiger partial charge in [0.15, 0.2) is 0 Å². The van der Waals surface area contributed by atoms with Crippen LogP contribution in [0.25, 0.3) is 0 Å². The molecule has 0 aromatic heterocycles. The monoisotopic (exact) mass is 195 g/mol. The molecule has 0 aliphatic rings. The number of aromatic carboxylic acids is 1. The van der Waals surface area contributed by atoms with E-state index in [-0.39, 0.29) is 10.6 Å². The summed E-state index contributed by atoms with van der Waals surface area (Å²) in [6.45, 7) is 1.83. The number of aryl methyl sites for hydroxylation is 1. The summed E-state index contributed by atoms with van der Waals surface area (Å²) in [5.74, 6) is -0.975. The second-order valence-electron chi connectivity index (χ2n) is 2.70. The van der Waals surface area contributed by atoms with E-state index in [1.807, 2.05) is 6.92 Å². The Bertz CT molecular complexity index is 374. The lowest BCUT2D eigenvalue weighted by Crippen LogP contribution is -2.12. The first-order valence-corrected chi connectivity index (χ1v) is 4.07. The van der Waals surface area contributed by atoms with Gasteiger partial charge in [-0.15, -0.1) is 0 Å². The molecule has 0 spiro atoms. The summed E-state index contributed by atoms with van der Waals surface area (Å²) in [6.07, 6.45) is 0. The molecular weight excluding hydrogens is 186 g/mol. The smallest absolute Gasteiger partial charge is 0.335 e. The summed E-state index contributed by atoms with van der Waals surface area (Å²) >= 11 is 4.78. The number of hydrogen-bond donors (Lipinski definition) is 2. The van der Waals surface area contributed by atoms with Gasteiger partial charge in [-0.25, -0.2) is 4.79 Å². The molecule has 0 heterocycles. The predicted octanol–water partition coefficient (Wildman–Crippen LogP) is 1.33. The zero-order chi connectivity index (χ0) is 10.0. The Morgan fingerprint density at radius 1 is 1.54 bits per heavy atom. The van der Waals surface area contributed by atoms with Crippen molar-refractivity contribution in [1.29, 1.82) is 0 Å². The molecule has 1 aromatic carbocycles. The second kappa shape index (κ2) is 3.53. The second-order valence-corrected chi connectivity index (χ2v) is 3.14. The van der Waals surface area contributed by atoms with Gasteiger partial charge in [0, 0.05) is 5.56 Å². The van der Waals surface area contributed by atoms with Crippen LogP contribution in [0.1, 0.15) is 21.5 Å². The van der Waals surface area contributed by atoms with Crippen LogP contribution in [-0.2, 0) is 0 Å². The Labute approximate surface area is 81.2 Å². The van der Waals surface area contributed by atoms with Gasteiger partial charge in [-0.1, -0.05) is 18.3 Å². The van der Waals surface area contributed by atoms with E-state index in [1.165, 1.54) is 12.1 Å². The van der Waals surface area contributed by atoms with Gasteiger partial charge in [0.25, 0.3) is 0 Å². The van der Waals surface area contributed by atoms with Crippen molar-refractivity contribution in [3.05, 3.63) is 34.9 Å². The molecule has 0 amide bonds. The zero-order valence-electron chi connectivity index (χ0n) is 7.07. The van der Waals surface area contributed by atoms with Crippen LogP contribution in [0.3, 0.4) is 0 Å². The third-order valence-corrected chi connectivity index (χ3v) is 1.97. The van der Waals surface area contributed by atoms with Gasteiger partial charge in [-0.05, 0) is 24.6 Å². The third-order valence-electron chi connectivity index (χ3n) is 1.75. The van der Waals surface area contributed by atoms with E-state index < -0.39 is 5.97 Å². The first-order chi connectivity index (χ1) is 6.02. The molecule has 3 N–H and O–H groups in total. The minimum Gasteiger partial charge on any atom is -0.478 e. The maximum absolute atomic E-state index is 10.6. The highest BCUT2D eigenvalue weighted by molar-refractivity contribution is 7.80. The molecule has 0 saturated carbocycles. The van der Waals surface area contributed by atoms with Gasteiger partial charge in [-0.2, -0.15) is 0 Å². The van der Waals surface area contributed by atoms with E-state index in [9.17, 15) is 4.79 Å². The first-order valence-electron chi connectivity index (χ1n) is 3.66. The highest BCUT2D eigenvalue weighted by Gasteiger charge is 2.07. The molecule has 1 rings (SSSR count). The van der Waals surface area contributed by atoms with E-state index in [2.05, 4.69) is 0 Å². The van der Waals surface area contributed by atoms with Crippen molar-refractivity contribution >= 4 is 23.2 Å². The number of benzene rings is 1. The summed E-state index contributed by atoms with van der Waals surface area (Å²) in [7, 11) is 0. The fraction of sp³-hybridized carbons (Fsp3) is 0.111. The van der Waals surface area contributed by atoms with E-state index >= 15 is 0 Å². The van der Waals surface area contributed by atoms with E-state index in [1.54, 1.807) is 6.07 Å². The maximum Gasteiger partial charge on any atom is 0.335 e. The van der Waals surface area contributed by atoms with E-state index in [0.717, 1.165) is 5.56 Å². The third kappa shape index (κ3) is 2.03. The summed E-state index contributed by atoms with van der Waals surface area (Å²) in [5.41, 5.74) is 7.13. The van der Waals surface area contributed by atoms with Crippen LogP contribution in [-0.4, -0.2) is 16.1 Å². The number of rotatable bonds is 2. The molecule has 13 heavy (non-hydrogen) atoms. The molecule has 3 nitrogen and oxygen atoms in total. The summed E-state index contributed by atoms with van der Waals surface area (Å²) in [5, 5.41) is 8.70. The average Bonchev–Trinajstić information content (AvgIpc) is 2.04. The Morgan fingerprint density at radius 2 is 2.15 bits per heavy atom. The predicted molar refractivity (Wildman–Crippen MR) is 54.0 cm³/mol. The maximum atomic E-state index is 10.6. The Kier molecular flexibility index (Phi) is 2.63. The van der Waals surface area contributed by atoms with Gasteiger partial charge in [0.1, 0.15) is 4.99 Å². The quantitative estimate of drug-likeness (QED) is 0.699. The lowest BCUT2D eigenvalue weighted by atomic mass is 10.1. The molecule has 4 heteroatoms. The molecule has 0 bridgehead atoms. The number of thiocarbonyl (C=S) groups is 1. The van der Waals surface area contributed by atoms with Crippen LogP contribution in [0.5, 0.6) is 0 Å². The average molecular weight is 195 g/mol. The lowest BCUT2D eigenvalue weighted by molar-refractivity contribution is 0.0697. The van der Waals surface area contributed by atoms with Crippen molar-refractivity contribution in [1.82, 2.24) is 0 Å². The van der Waals surface area contributed by atoms with Crippen LogP contribution in [0, 0.1) is 6.92 Å². The number of hydrogen-bond acceptors (Lipinski definition) is 2. The fourth-order valence-corrected chi connectivity index (χ4v) is 1.24. The molecule has 0 saturated heterocycles. The molecular formula is C9H9NO2S. The van der Waals surface area contributed by atoms with Crippen LogP contribution in [0.15, 0.2) is 18.2 Å². The van der Waals surface area contributed by atoms with Gasteiger partial charge < -0.3 is 10.8 Å². The Balaban J connectivity index is 3.27. The Morgan fingerprint density at radius 3 is 2.62 bits per heavy atom. The lowest BCUT2D eigenvalue weighted by Gasteiger charge is -2.04. The van der Waals surface area contributed by atoms with Crippen LogP contribution < -0.4 is 5.73 Å². The van der Waals surface area contributed by atoms with Crippen molar-refractivity contribution in [2.75, 3.05) is 0 Å². The minimum absolute atomic E-state index is 0.202. The molecule has 0 aliphatic carbocycles. The number of carboxylic acid groups (broad SMARTS) is 1. The van der Waals surface area contributed by atoms with Crippen molar-refractivity contribution in [3.8, 4) is 0 Å². The largest absolute Gasteiger partial charge is 0.478 e. The van der Waals surface area contributed by atoms with Crippen LogP contribution in [0.4, 0.5) is 0 Å². The van der Waals surface area contributed by atoms with Crippen molar-refractivity contribution in [2.24, 2.45) is 5.73 Å². The van der Waals surface area contributed by atoms with Gasteiger partial charge >= 0.3 is 5.97 Å². The molecule has 0 atom stereocenters. The van der Waals surface area contributed by atoms with Gasteiger partial charge in [0.2, 0.25) is 0 Å².